The summed E-state index contributed by atoms with van der Waals surface area (Å²) in [4.78, 5) is 23.3. The molecule has 4 N–H and O–H groups in total. The van der Waals surface area contributed by atoms with Gasteiger partial charge in [-0.2, -0.15) is 18.3 Å². The van der Waals surface area contributed by atoms with Crippen molar-refractivity contribution in [1.29, 1.82) is 0 Å². The van der Waals surface area contributed by atoms with Crippen molar-refractivity contribution in [3.05, 3.63) is 66.5 Å². The van der Waals surface area contributed by atoms with E-state index in [-0.39, 0.29) is 12.6 Å². The number of benzene rings is 2. The minimum atomic E-state index is -5.08. The predicted octanol–water partition coefficient (Wildman–Crippen LogP) is 4.14. The molecule has 0 aliphatic rings. The van der Waals surface area contributed by atoms with E-state index in [9.17, 15) is 18.0 Å². The van der Waals surface area contributed by atoms with Crippen molar-refractivity contribution in [3.63, 3.8) is 0 Å². The molecular formula is C23H25F3N4O5. The first-order valence-corrected chi connectivity index (χ1v) is 10.3. The highest BCUT2D eigenvalue weighted by atomic mass is 19.4. The number of carboxylic acid groups (broad SMARTS) is 1. The van der Waals surface area contributed by atoms with Crippen LogP contribution in [0, 0.1) is 0 Å². The van der Waals surface area contributed by atoms with Gasteiger partial charge in [0.1, 0.15) is 5.75 Å². The van der Waals surface area contributed by atoms with E-state index in [1.54, 1.807) is 18.2 Å². The monoisotopic (exact) mass is 494 g/mol. The van der Waals surface area contributed by atoms with Crippen molar-refractivity contribution in [1.82, 2.24) is 15.1 Å². The Bertz CT molecular complexity index is 1070. The molecule has 0 saturated carbocycles. The third-order valence-corrected chi connectivity index (χ3v) is 4.59. The number of anilines is 1. The summed E-state index contributed by atoms with van der Waals surface area (Å²) in [6, 6.07) is 15.0. The Morgan fingerprint density at radius 1 is 1.14 bits per heavy atom. The number of methoxy groups -OCH3 is 1. The number of nitrogens with zero attached hydrogens (tertiary/aromatic N) is 2. The van der Waals surface area contributed by atoms with E-state index in [2.05, 4.69) is 15.5 Å². The van der Waals surface area contributed by atoms with E-state index in [1.807, 2.05) is 54.7 Å². The lowest BCUT2D eigenvalue weighted by Gasteiger charge is -2.23. The number of rotatable bonds is 8. The van der Waals surface area contributed by atoms with Crippen LogP contribution in [0.4, 0.5) is 23.7 Å². The van der Waals surface area contributed by atoms with Crippen LogP contribution in [-0.2, 0) is 11.3 Å². The zero-order valence-corrected chi connectivity index (χ0v) is 18.7. The number of H-pyrrole nitrogens is 1. The number of hydrogen-bond acceptors (Lipinski definition) is 5. The highest BCUT2D eigenvalue weighted by Gasteiger charge is 2.38. The van der Waals surface area contributed by atoms with Gasteiger partial charge >= 0.3 is 18.2 Å². The first kappa shape index (κ1) is 27.2. The van der Waals surface area contributed by atoms with Crippen LogP contribution in [-0.4, -0.2) is 63.7 Å². The highest BCUT2D eigenvalue weighted by Crippen LogP contribution is 2.21. The van der Waals surface area contributed by atoms with Gasteiger partial charge in [-0.25, -0.2) is 9.59 Å². The SMILES string of the molecule is COc1cccc(CN(CCCO)C(=O)Nc2ccc(-c3cn[nH]c3)cc2)c1.O=C(O)C(F)(F)F. The molecule has 35 heavy (non-hydrogen) atoms. The van der Waals surface area contributed by atoms with Gasteiger partial charge in [0, 0.05) is 37.1 Å². The fourth-order valence-electron chi connectivity index (χ4n) is 2.86. The van der Waals surface area contributed by atoms with Crippen LogP contribution < -0.4 is 10.1 Å². The van der Waals surface area contributed by atoms with Gasteiger partial charge < -0.3 is 25.2 Å². The van der Waals surface area contributed by atoms with Crippen LogP contribution in [0.2, 0.25) is 0 Å². The lowest BCUT2D eigenvalue weighted by molar-refractivity contribution is -0.192. The number of nitrogens with one attached hydrogen (secondary N) is 2. The molecule has 12 heteroatoms. The van der Waals surface area contributed by atoms with E-state index < -0.39 is 12.1 Å². The number of aromatic amines is 1. The van der Waals surface area contributed by atoms with Crippen LogP contribution in [0.25, 0.3) is 11.1 Å². The average Bonchev–Trinajstić information content (AvgIpc) is 3.37. The number of amides is 2. The quantitative estimate of drug-likeness (QED) is 0.373. The van der Waals surface area contributed by atoms with Gasteiger partial charge in [-0.1, -0.05) is 24.3 Å². The van der Waals surface area contributed by atoms with Crippen LogP contribution in [0.3, 0.4) is 0 Å². The van der Waals surface area contributed by atoms with Crippen molar-refractivity contribution < 1.29 is 37.7 Å². The number of hydrogen-bond donors (Lipinski definition) is 4. The number of urea groups is 1. The first-order chi connectivity index (χ1) is 16.6. The molecule has 0 atom stereocenters. The molecular weight excluding hydrogens is 469 g/mol. The molecule has 2 amide bonds. The Kier molecular flexibility index (Phi) is 10.1. The predicted molar refractivity (Wildman–Crippen MR) is 122 cm³/mol. The standard InChI is InChI=1S/C21H24N4O3.C2HF3O2/c1-28-20-5-2-4-16(12-20)15-25(10-3-11-26)21(27)24-19-8-6-17(7-9-19)18-13-22-23-14-18;3-2(4,5)1(6)7/h2,4-9,12-14,26H,3,10-11,15H2,1H3,(H,22,23)(H,24,27);(H,6,7). The van der Waals surface area contributed by atoms with Crippen molar-refractivity contribution in [2.24, 2.45) is 0 Å². The zero-order chi connectivity index (χ0) is 25.8. The van der Waals surface area contributed by atoms with Crippen LogP contribution in [0.5, 0.6) is 5.75 Å². The molecule has 0 aliphatic heterocycles. The second-order valence-electron chi connectivity index (χ2n) is 7.15. The van der Waals surface area contributed by atoms with Gasteiger partial charge in [-0.3, -0.25) is 5.10 Å². The highest BCUT2D eigenvalue weighted by molar-refractivity contribution is 5.89. The van der Waals surface area contributed by atoms with Gasteiger partial charge in [-0.15, -0.1) is 0 Å². The molecule has 0 bridgehead atoms. The molecule has 0 fully saturated rings. The number of carbonyl (C=O) groups is 2. The Labute approximate surface area is 199 Å². The number of aromatic nitrogens is 2. The number of carbonyl (C=O) groups excluding carboxylic acids is 1. The maximum Gasteiger partial charge on any atom is 0.490 e. The Morgan fingerprint density at radius 2 is 1.83 bits per heavy atom. The summed E-state index contributed by atoms with van der Waals surface area (Å²) in [6.07, 6.45) is -1.01. The largest absolute Gasteiger partial charge is 0.497 e. The van der Waals surface area contributed by atoms with E-state index >= 15 is 0 Å². The van der Waals surface area contributed by atoms with Crippen molar-refractivity contribution in [3.8, 4) is 16.9 Å². The van der Waals surface area contributed by atoms with Crippen LogP contribution in [0.1, 0.15) is 12.0 Å². The molecule has 3 rings (SSSR count). The van der Waals surface area contributed by atoms with Crippen LogP contribution >= 0.6 is 0 Å². The van der Waals surface area contributed by atoms with E-state index in [1.165, 1.54) is 0 Å². The number of aliphatic hydroxyl groups is 1. The number of aliphatic hydroxyl groups excluding tert-OH is 1. The molecule has 1 aromatic heterocycles. The summed E-state index contributed by atoms with van der Waals surface area (Å²) in [6.45, 7) is 0.907. The summed E-state index contributed by atoms with van der Waals surface area (Å²) in [5.41, 5.74) is 3.67. The smallest absolute Gasteiger partial charge is 0.490 e. The number of carboxylic acids is 1. The van der Waals surface area contributed by atoms with Crippen molar-refractivity contribution in [2.45, 2.75) is 19.1 Å². The van der Waals surface area contributed by atoms with Crippen molar-refractivity contribution in [2.75, 3.05) is 25.6 Å². The molecule has 0 saturated heterocycles. The normalized spacial score (nSPS) is 10.7. The van der Waals surface area contributed by atoms with E-state index in [0.717, 1.165) is 22.4 Å². The summed E-state index contributed by atoms with van der Waals surface area (Å²) < 4.78 is 37.0. The number of aliphatic carboxylic acids is 1. The van der Waals surface area contributed by atoms with E-state index in [0.29, 0.717) is 25.2 Å². The molecule has 0 radical (unpaired) electrons. The summed E-state index contributed by atoms with van der Waals surface area (Å²) in [7, 11) is 1.61. The van der Waals surface area contributed by atoms with Crippen molar-refractivity contribution >= 4 is 17.7 Å². The Balaban J connectivity index is 0.000000540. The third kappa shape index (κ3) is 9.01. The molecule has 9 nitrogen and oxygen atoms in total. The third-order valence-electron chi connectivity index (χ3n) is 4.59. The fourth-order valence-corrected chi connectivity index (χ4v) is 2.86. The molecule has 0 aliphatic carbocycles. The van der Waals surface area contributed by atoms with Crippen LogP contribution in [0.15, 0.2) is 60.9 Å². The Hall–Kier alpha value is -4.06. The van der Waals surface area contributed by atoms with Gasteiger partial charge in [0.25, 0.3) is 0 Å². The zero-order valence-electron chi connectivity index (χ0n) is 18.7. The minimum Gasteiger partial charge on any atom is -0.497 e. The molecule has 0 unspecified atom stereocenters. The molecule has 0 spiro atoms. The molecule has 1 heterocycles. The fraction of sp³-hybridized carbons (Fsp3) is 0.261. The first-order valence-electron chi connectivity index (χ1n) is 10.3. The lowest BCUT2D eigenvalue weighted by Crippen LogP contribution is -2.35. The van der Waals surface area contributed by atoms with Gasteiger partial charge in [0.05, 0.1) is 13.3 Å². The summed E-state index contributed by atoms with van der Waals surface area (Å²) >= 11 is 0. The average molecular weight is 494 g/mol. The topological polar surface area (TPSA) is 128 Å². The maximum absolute atomic E-state index is 12.8. The van der Waals surface area contributed by atoms with Gasteiger partial charge in [0.2, 0.25) is 0 Å². The summed E-state index contributed by atoms with van der Waals surface area (Å²) in [5.74, 6) is -2.01. The molecule has 2 aromatic carbocycles. The second kappa shape index (κ2) is 13.0. The molecule has 188 valence electrons. The summed E-state index contributed by atoms with van der Waals surface area (Å²) in [5, 5.41) is 25.9. The maximum atomic E-state index is 12.8. The Morgan fingerprint density at radius 3 is 2.37 bits per heavy atom. The van der Waals surface area contributed by atoms with E-state index in [4.69, 9.17) is 19.7 Å². The number of halogens is 3. The lowest BCUT2D eigenvalue weighted by atomic mass is 10.1. The minimum absolute atomic E-state index is 0.0291. The second-order valence-corrected chi connectivity index (χ2v) is 7.15. The van der Waals surface area contributed by atoms with Gasteiger partial charge in [0.15, 0.2) is 0 Å². The number of ether oxygens (including phenoxy) is 1. The van der Waals surface area contributed by atoms with Gasteiger partial charge in [-0.05, 0) is 41.8 Å². The molecule has 3 aromatic rings. The number of alkyl halides is 3.